The van der Waals surface area contributed by atoms with Crippen molar-refractivity contribution in [1.82, 2.24) is 0 Å². The molecule has 0 aromatic heterocycles. The third-order valence-corrected chi connectivity index (χ3v) is 5.03. The largest absolute Gasteiger partial charge is 0.484 e. The van der Waals surface area contributed by atoms with Crippen LogP contribution < -0.4 is 20.7 Å². The molecule has 0 atom stereocenters. The van der Waals surface area contributed by atoms with Gasteiger partial charge in [-0.25, -0.2) is 0 Å². The Bertz CT molecular complexity index is 1120. The highest BCUT2D eigenvalue weighted by Gasteiger charge is 2.22. The van der Waals surface area contributed by atoms with Crippen LogP contribution in [0.25, 0.3) is 6.08 Å². The standard InChI is InChI=1S/C25H23N3O3/c26-24(29)17-31-20-12-9-18(10-13-20)11-14-25(30)27-21-6-2-4-8-23(21)28-16-15-19-5-1-3-7-22(19)28/h1-14H,15-17H2,(H2,26,29)(H,27,30)/b14-11+. The molecule has 2 amide bonds. The number of anilines is 3. The molecule has 6 nitrogen and oxygen atoms in total. The van der Waals surface area contributed by atoms with Gasteiger partial charge in [0.05, 0.1) is 11.4 Å². The van der Waals surface area contributed by atoms with Crippen LogP contribution in [0.1, 0.15) is 11.1 Å². The Morgan fingerprint density at radius 2 is 1.68 bits per heavy atom. The second-order valence-corrected chi connectivity index (χ2v) is 7.19. The van der Waals surface area contributed by atoms with Gasteiger partial charge in [0.1, 0.15) is 5.75 Å². The molecule has 0 saturated carbocycles. The second kappa shape index (κ2) is 9.17. The fourth-order valence-corrected chi connectivity index (χ4v) is 3.58. The molecular formula is C25H23N3O3. The van der Waals surface area contributed by atoms with Crippen LogP contribution in [0.3, 0.4) is 0 Å². The summed E-state index contributed by atoms with van der Waals surface area (Å²) in [5, 5.41) is 2.99. The summed E-state index contributed by atoms with van der Waals surface area (Å²) < 4.78 is 5.23. The average molecular weight is 413 g/mol. The maximum absolute atomic E-state index is 12.6. The van der Waals surface area contributed by atoms with E-state index in [0.717, 1.165) is 29.9 Å². The highest BCUT2D eigenvalue weighted by atomic mass is 16.5. The molecule has 3 N–H and O–H groups in total. The van der Waals surface area contributed by atoms with E-state index in [-0.39, 0.29) is 12.5 Å². The Morgan fingerprint density at radius 1 is 0.968 bits per heavy atom. The minimum Gasteiger partial charge on any atom is -0.484 e. The van der Waals surface area contributed by atoms with Crippen molar-refractivity contribution >= 4 is 35.0 Å². The number of hydrogen-bond donors (Lipinski definition) is 2. The van der Waals surface area contributed by atoms with Crippen molar-refractivity contribution in [3.05, 3.63) is 90.0 Å². The molecule has 1 aliphatic heterocycles. The Hall–Kier alpha value is -4.06. The zero-order valence-electron chi connectivity index (χ0n) is 17.0. The van der Waals surface area contributed by atoms with E-state index in [4.69, 9.17) is 10.5 Å². The molecule has 0 radical (unpaired) electrons. The van der Waals surface area contributed by atoms with Crippen LogP contribution in [0, 0.1) is 0 Å². The van der Waals surface area contributed by atoms with Crippen LogP contribution in [0.4, 0.5) is 17.1 Å². The van der Waals surface area contributed by atoms with E-state index >= 15 is 0 Å². The molecule has 0 bridgehead atoms. The second-order valence-electron chi connectivity index (χ2n) is 7.19. The van der Waals surface area contributed by atoms with Crippen molar-refractivity contribution < 1.29 is 14.3 Å². The summed E-state index contributed by atoms with van der Waals surface area (Å²) >= 11 is 0. The molecule has 0 fully saturated rings. The lowest BCUT2D eigenvalue weighted by Gasteiger charge is -2.22. The van der Waals surface area contributed by atoms with Crippen molar-refractivity contribution in [2.75, 3.05) is 23.4 Å². The van der Waals surface area contributed by atoms with E-state index in [1.165, 1.54) is 17.3 Å². The lowest BCUT2D eigenvalue weighted by molar-refractivity contribution is -0.120. The van der Waals surface area contributed by atoms with Crippen LogP contribution in [0.2, 0.25) is 0 Å². The van der Waals surface area contributed by atoms with E-state index in [2.05, 4.69) is 28.4 Å². The smallest absolute Gasteiger partial charge is 0.255 e. The molecule has 3 aromatic rings. The Balaban J connectivity index is 1.43. The molecule has 0 unspecified atom stereocenters. The third-order valence-electron chi connectivity index (χ3n) is 5.03. The van der Waals surface area contributed by atoms with E-state index in [9.17, 15) is 9.59 Å². The van der Waals surface area contributed by atoms with Crippen molar-refractivity contribution in [3.63, 3.8) is 0 Å². The third kappa shape index (κ3) is 4.93. The van der Waals surface area contributed by atoms with Gasteiger partial charge in [0.2, 0.25) is 5.91 Å². The van der Waals surface area contributed by atoms with Gasteiger partial charge in [-0.1, -0.05) is 42.5 Å². The number of nitrogens with one attached hydrogen (secondary N) is 1. The molecule has 156 valence electrons. The molecule has 1 aliphatic rings. The maximum Gasteiger partial charge on any atom is 0.255 e. The topological polar surface area (TPSA) is 84.7 Å². The minimum atomic E-state index is -0.529. The van der Waals surface area contributed by atoms with E-state index in [1.54, 1.807) is 30.3 Å². The van der Waals surface area contributed by atoms with Crippen LogP contribution >= 0.6 is 0 Å². The van der Waals surface area contributed by atoms with E-state index in [0.29, 0.717) is 5.75 Å². The summed E-state index contributed by atoms with van der Waals surface area (Å²) in [6.45, 7) is 0.713. The quantitative estimate of drug-likeness (QED) is 0.576. The van der Waals surface area contributed by atoms with Gasteiger partial charge in [-0.3, -0.25) is 9.59 Å². The van der Waals surface area contributed by atoms with Crippen LogP contribution in [0.15, 0.2) is 78.9 Å². The van der Waals surface area contributed by atoms with Crippen molar-refractivity contribution in [2.24, 2.45) is 5.73 Å². The maximum atomic E-state index is 12.6. The van der Waals surface area contributed by atoms with Gasteiger partial charge >= 0.3 is 0 Å². The monoisotopic (exact) mass is 413 g/mol. The molecule has 1 heterocycles. The number of nitrogens with two attached hydrogens (primary N) is 1. The molecule has 4 rings (SSSR count). The SMILES string of the molecule is NC(=O)COc1ccc(/C=C/C(=O)Nc2ccccc2N2CCc3ccccc32)cc1. The van der Waals surface area contributed by atoms with E-state index < -0.39 is 5.91 Å². The highest BCUT2D eigenvalue weighted by molar-refractivity contribution is 6.04. The molecule has 0 saturated heterocycles. The normalized spacial score (nSPS) is 12.6. The summed E-state index contributed by atoms with van der Waals surface area (Å²) in [6.07, 6.45) is 4.20. The van der Waals surface area contributed by atoms with Gasteiger partial charge in [0.25, 0.3) is 5.91 Å². The summed E-state index contributed by atoms with van der Waals surface area (Å²) in [5.41, 5.74) is 10.1. The molecule has 31 heavy (non-hydrogen) atoms. The first kappa shape index (κ1) is 20.2. The Kier molecular flexibility index (Phi) is 5.98. The predicted molar refractivity (Wildman–Crippen MR) is 122 cm³/mol. The summed E-state index contributed by atoms with van der Waals surface area (Å²) in [7, 11) is 0. The van der Waals surface area contributed by atoms with Gasteiger partial charge in [0.15, 0.2) is 6.61 Å². The van der Waals surface area contributed by atoms with Gasteiger partial charge < -0.3 is 20.7 Å². The summed E-state index contributed by atoms with van der Waals surface area (Å²) in [4.78, 5) is 25.6. The first-order valence-electron chi connectivity index (χ1n) is 10.0. The zero-order valence-corrected chi connectivity index (χ0v) is 17.0. The number of para-hydroxylation sites is 3. The number of rotatable bonds is 7. The molecule has 6 heteroatoms. The highest BCUT2D eigenvalue weighted by Crippen LogP contribution is 2.38. The van der Waals surface area contributed by atoms with Crippen molar-refractivity contribution in [2.45, 2.75) is 6.42 Å². The van der Waals surface area contributed by atoms with Crippen molar-refractivity contribution in [3.8, 4) is 5.75 Å². The predicted octanol–water partition coefficient (Wildman–Crippen LogP) is 3.90. The number of nitrogens with zero attached hydrogens (tertiary/aromatic N) is 1. The Morgan fingerprint density at radius 3 is 2.45 bits per heavy atom. The van der Waals surface area contributed by atoms with Gasteiger partial charge in [0, 0.05) is 18.3 Å². The summed E-state index contributed by atoms with van der Waals surface area (Å²) in [6, 6.07) is 23.2. The fraction of sp³-hybridized carbons (Fsp3) is 0.120. The lowest BCUT2D eigenvalue weighted by atomic mass is 10.1. The zero-order chi connectivity index (χ0) is 21.6. The minimum absolute atomic E-state index is 0.168. The molecule has 3 aromatic carbocycles. The number of ether oxygens (including phenoxy) is 1. The number of carbonyl (C=O) groups is 2. The number of primary amides is 1. The van der Waals surface area contributed by atoms with Crippen LogP contribution in [-0.4, -0.2) is 25.0 Å². The van der Waals surface area contributed by atoms with E-state index in [1.807, 2.05) is 30.3 Å². The fourth-order valence-electron chi connectivity index (χ4n) is 3.58. The van der Waals surface area contributed by atoms with Crippen LogP contribution in [0.5, 0.6) is 5.75 Å². The Labute approximate surface area is 180 Å². The first-order valence-corrected chi connectivity index (χ1v) is 10.0. The average Bonchev–Trinajstić information content (AvgIpc) is 3.21. The van der Waals surface area contributed by atoms with Gasteiger partial charge in [-0.15, -0.1) is 0 Å². The van der Waals surface area contributed by atoms with Gasteiger partial charge in [-0.2, -0.15) is 0 Å². The first-order chi connectivity index (χ1) is 15.1. The molecular weight excluding hydrogens is 390 g/mol. The number of amides is 2. The lowest BCUT2D eigenvalue weighted by Crippen LogP contribution is -2.19. The van der Waals surface area contributed by atoms with Gasteiger partial charge in [-0.05, 0) is 54.0 Å². The number of fused-ring (bicyclic) bond motifs is 1. The molecule has 0 spiro atoms. The number of benzene rings is 3. The molecule has 0 aliphatic carbocycles. The number of carbonyl (C=O) groups excluding carboxylic acids is 2. The number of hydrogen-bond acceptors (Lipinski definition) is 4. The van der Waals surface area contributed by atoms with Crippen LogP contribution in [-0.2, 0) is 16.0 Å². The van der Waals surface area contributed by atoms with Crippen molar-refractivity contribution in [1.29, 1.82) is 0 Å². The summed E-state index contributed by atoms with van der Waals surface area (Å²) in [5.74, 6) is -0.201.